The first kappa shape index (κ1) is 13.9. The van der Waals surface area contributed by atoms with Gasteiger partial charge in [0.05, 0.1) is 25.5 Å². The largest absolute Gasteiger partial charge is 0.496 e. The molecule has 104 valence electrons. The van der Waals surface area contributed by atoms with Gasteiger partial charge >= 0.3 is 0 Å². The van der Waals surface area contributed by atoms with Gasteiger partial charge in [-0.3, -0.25) is 4.79 Å². The van der Waals surface area contributed by atoms with Crippen LogP contribution in [0.25, 0.3) is 11.1 Å². The number of ether oxygens (including phenoxy) is 2. The Hall–Kier alpha value is -2.49. The van der Waals surface area contributed by atoms with Crippen LogP contribution in [-0.2, 0) is 4.79 Å². The summed E-state index contributed by atoms with van der Waals surface area (Å²) in [5, 5.41) is 0. The number of amides is 1. The molecule has 0 radical (unpaired) electrons. The molecule has 0 aliphatic rings. The second-order valence-electron chi connectivity index (χ2n) is 4.27. The zero-order valence-electron chi connectivity index (χ0n) is 11.8. The van der Waals surface area contributed by atoms with Crippen molar-refractivity contribution in [1.29, 1.82) is 0 Å². The first-order valence-corrected chi connectivity index (χ1v) is 6.21. The molecule has 1 amide bonds. The van der Waals surface area contributed by atoms with Crippen LogP contribution in [0.2, 0.25) is 0 Å². The molecular weight excluding hydrogens is 254 g/mol. The number of hydrogen-bond acceptors (Lipinski definition) is 3. The van der Waals surface area contributed by atoms with Crippen molar-refractivity contribution < 1.29 is 14.3 Å². The van der Waals surface area contributed by atoms with Crippen LogP contribution in [0.1, 0.15) is 0 Å². The highest BCUT2D eigenvalue weighted by Crippen LogP contribution is 2.42. The minimum Gasteiger partial charge on any atom is -0.496 e. The molecule has 2 rings (SSSR count). The van der Waals surface area contributed by atoms with E-state index in [0.29, 0.717) is 11.5 Å². The fourth-order valence-electron chi connectivity index (χ4n) is 2.17. The highest BCUT2D eigenvalue weighted by atomic mass is 16.5. The van der Waals surface area contributed by atoms with E-state index >= 15 is 0 Å². The lowest BCUT2D eigenvalue weighted by molar-refractivity contribution is -0.107. The van der Waals surface area contributed by atoms with E-state index in [1.807, 2.05) is 42.5 Å². The molecule has 20 heavy (non-hydrogen) atoms. The average molecular weight is 271 g/mol. The minimum absolute atomic E-state index is 0.705. The van der Waals surface area contributed by atoms with E-state index in [0.717, 1.165) is 23.2 Å². The fourth-order valence-corrected chi connectivity index (χ4v) is 2.17. The maximum absolute atomic E-state index is 11.1. The molecule has 0 aliphatic carbocycles. The Labute approximate surface area is 118 Å². The zero-order valence-corrected chi connectivity index (χ0v) is 11.8. The van der Waals surface area contributed by atoms with E-state index < -0.39 is 0 Å². The fraction of sp³-hybridized carbons (Fsp3) is 0.188. The third-order valence-corrected chi connectivity index (χ3v) is 3.14. The number of carbonyl (C=O) groups excluding carboxylic acids is 1. The van der Waals surface area contributed by atoms with Gasteiger partial charge in [-0.15, -0.1) is 0 Å². The normalized spacial score (nSPS) is 9.95. The highest BCUT2D eigenvalue weighted by molar-refractivity contribution is 5.91. The summed E-state index contributed by atoms with van der Waals surface area (Å²) in [6.07, 6.45) is 0.778. The topological polar surface area (TPSA) is 38.8 Å². The van der Waals surface area contributed by atoms with Crippen LogP contribution in [-0.4, -0.2) is 27.7 Å². The van der Waals surface area contributed by atoms with Crippen molar-refractivity contribution in [2.75, 3.05) is 26.2 Å². The van der Waals surface area contributed by atoms with Crippen molar-refractivity contribution in [3.05, 3.63) is 42.5 Å². The van der Waals surface area contributed by atoms with E-state index in [-0.39, 0.29) is 0 Å². The van der Waals surface area contributed by atoms with Crippen LogP contribution in [0.5, 0.6) is 11.5 Å². The number of para-hydroxylation sites is 1. The Kier molecular flexibility index (Phi) is 4.25. The number of hydrogen-bond donors (Lipinski definition) is 0. The van der Waals surface area contributed by atoms with Gasteiger partial charge in [0.15, 0.2) is 0 Å². The van der Waals surface area contributed by atoms with Crippen molar-refractivity contribution in [2.24, 2.45) is 0 Å². The molecular formula is C16H17NO3. The molecule has 2 aromatic carbocycles. The van der Waals surface area contributed by atoms with Gasteiger partial charge in [-0.25, -0.2) is 0 Å². The van der Waals surface area contributed by atoms with Crippen LogP contribution in [0, 0.1) is 0 Å². The smallest absolute Gasteiger partial charge is 0.213 e. The van der Waals surface area contributed by atoms with Gasteiger partial charge in [0.2, 0.25) is 6.41 Å². The average Bonchev–Trinajstić information content (AvgIpc) is 2.53. The van der Waals surface area contributed by atoms with Gasteiger partial charge in [-0.2, -0.15) is 0 Å². The standard InChI is InChI=1S/C16H17NO3/c1-17(11-18)13-8-5-4-7-12(13)16-14(19-2)9-6-10-15(16)20-3/h4-11H,1-3H3. The van der Waals surface area contributed by atoms with Gasteiger partial charge in [-0.05, 0) is 18.2 Å². The summed E-state index contributed by atoms with van der Waals surface area (Å²) in [7, 11) is 4.95. The lowest BCUT2D eigenvalue weighted by Gasteiger charge is -2.19. The number of nitrogens with zero attached hydrogens (tertiary/aromatic N) is 1. The number of methoxy groups -OCH3 is 2. The van der Waals surface area contributed by atoms with E-state index in [4.69, 9.17) is 9.47 Å². The molecule has 0 aliphatic heterocycles. The van der Waals surface area contributed by atoms with Crippen molar-refractivity contribution in [2.45, 2.75) is 0 Å². The molecule has 0 bridgehead atoms. The van der Waals surface area contributed by atoms with E-state index in [1.165, 1.54) is 4.90 Å². The van der Waals surface area contributed by atoms with E-state index in [9.17, 15) is 4.79 Å². The van der Waals surface area contributed by atoms with Crippen LogP contribution in [0.4, 0.5) is 5.69 Å². The van der Waals surface area contributed by atoms with Crippen LogP contribution >= 0.6 is 0 Å². The molecule has 0 spiro atoms. The third-order valence-electron chi connectivity index (χ3n) is 3.14. The Balaban J connectivity index is 2.71. The first-order chi connectivity index (χ1) is 9.72. The number of anilines is 1. The Bertz CT molecular complexity index is 588. The summed E-state index contributed by atoms with van der Waals surface area (Å²) < 4.78 is 10.8. The Morgan fingerprint density at radius 2 is 1.55 bits per heavy atom. The minimum atomic E-state index is 0.705. The van der Waals surface area contributed by atoms with Crippen LogP contribution in [0.3, 0.4) is 0 Å². The molecule has 0 saturated carbocycles. The second-order valence-corrected chi connectivity index (χ2v) is 4.27. The van der Waals surface area contributed by atoms with Crippen molar-refractivity contribution in [3.8, 4) is 22.6 Å². The molecule has 4 nitrogen and oxygen atoms in total. The van der Waals surface area contributed by atoms with Gasteiger partial charge < -0.3 is 14.4 Å². The summed E-state index contributed by atoms with van der Waals surface area (Å²) in [4.78, 5) is 12.6. The van der Waals surface area contributed by atoms with E-state index in [2.05, 4.69) is 0 Å². The summed E-state index contributed by atoms with van der Waals surface area (Å²) >= 11 is 0. The van der Waals surface area contributed by atoms with Gasteiger partial charge in [0.25, 0.3) is 0 Å². The molecule has 0 N–H and O–H groups in total. The predicted molar refractivity (Wildman–Crippen MR) is 79.4 cm³/mol. The summed E-state index contributed by atoms with van der Waals surface area (Å²) in [6.45, 7) is 0. The third kappa shape index (κ3) is 2.45. The van der Waals surface area contributed by atoms with Crippen molar-refractivity contribution in [1.82, 2.24) is 0 Å². The van der Waals surface area contributed by atoms with Crippen molar-refractivity contribution in [3.63, 3.8) is 0 Å². The second kappa shape index (κ2) is 6.10. The molecule has 0 heterocycles. The molecule has 0 saturated heterocycles. The van der Waals surface area contributed by atoms with Crippen molar-refractivity contribution >= 4 is 12.1 Å². The predicted octanol–water partition coefficient (Wildman–Crippen LogP) is 2.96. The maximum Gasteiger partial charge on any atom is 0.213 e. The molecule has 0 fully saturated rings. The molecule has 0 aromatic heterocycles. The number of rotatable bonds is 5. The van der Waals surface area contributed by atoms with Gasteiger partial charge in [0, 0.05) is 12.6 Å². The van der Waals surface area contributed by atoms with Crippen LogP contribution in [0.15, 0.2) is 42.5 Å². The lowest BCUT2D eigenvalue weighted by Crippen LogP contribution is -2.14. The first-order valence-electron chi connectivity index (χ1n) is 6.21. The number of carbonyl (C=O) groups is 1. The summed E-state index contributed by atoms with van der Waals surface area (Å²) in [6, 6.07) is 13.2. The quantitative estimate of drug-likeness (QED) is 0.785. The van der Waals surface area contributed by atoms with Crippen LogP contribution < -0.4 is 14.4 Å². The molecule has 0 atom stereocenters. The molecule has 0 unspecified atom stereocenters. The number of benzene rings is 2. The van der Waals surface area contributed by atoms with E-state index in [1.54, 1.807) is 21.3 Å². The Morgan fingerprint density at radius 3 is 2.10 bits per heavy atom. The zero-order chi connectivity index (χ0) is 14.5. The molecule has 4 heteroatoms. The summed E-state index contributed by atoms with van der Waals surface area (Å²) in [5.41, 5.74) is 2.52. The summed E-state index contributed by atoms with van der Waals surface area (Å²) in [5.74, 6) is 1.41. The lowest BCUT2D eigenvalue weighted by atomic mass is 10.0. The van der Waals surface area contributed by atoms with Gasteiger partial charge in [-0.1, -0.05) is 24.3 Å². The monoisotopic (exact) mass is 271 g/mol. The highest BCUT2D eigenvalue weighted by Gasteiger charge is 2.16. The SMILES string of the molecule is COc1cccc(OC)c1-c1ccccc1N(C)C=O. The maximum atomic E-state index is 11.1. The van der Waals surface area contributed by atoms with Gasteiger partial charge in [0.1, 0.15) is 11.5 Å². The molecule has 2 aromatic rings. The Morgan fingerprint density at radius 1 is 0.950 bits per heavy atom.